The van der Waals surface area contributed by atoms with Gasteiger partial charge >= 0.3 is 0 Å². The zero-order valence-corrected chi connectivity index (χ0v) is 24.3. The number of hydrogen-bond donors (Lipinski definition) is 2. The van der Waals surface area contributed by atoms with Gasteiger partial charge < -0.3 is 20.9 Å². The molecule has 0 aliphatic carbocycles. The maximum atomic E-state index is 14.5. The first-order chi connectivity index (χ1) is 20.7. The van der Waals surface area contributed by atoms with E-state index in [0.717, 1.165) is 16.3 Å². The summed E-state index contributed by atoms with van der Waals surface area (Å²) in [6.45, 7) is 1.64. The van der Waals surface area contributed by atoms with E-state index in [0.29, 0.717) is 17.0 Å². The molecule has 1 aliphatic heterocycles. The summed E-state index contributed by atoms with van der Waals surface area (Å²) < 4.78 is 0. The van der Waals surface area contributed by atoms with Crippen LogP contribution in [-0.4, -0.2) is 68.6 Å². The van der Waals surface area contributed by atoms with E-state index < -0.39 is 41.8 Å². The molecule has 0 radical (unpaired) electrons. The monoisotopic (exact) mass is 598 g/mol. The highest BCUT2D eigenvalue weighted by Crippen LogP contribution is 2.33. The molecule has 1 aromatic heterocycles. The minimum atomic E-state index is -1.11. The van der Waals surface area contributed by atoms with Gasteiger partial charge in [0, 0.05) is 36.4 Å². The highest BCUT2D eigenvalue weighted by molar-refractivity contribution is 6.30. The Morgan fingerprint density at radius 1 is 1.02 bits per heavy atom. The van der Waals surface area contributed by atoms with Crippen LogP contribution in [0.4, 0.5) is 0 Å². The molecule has 10 nitrogen and oxygen atoms in total. The van der Waals surface area contributed by atoms with Crippen LogP contribution >= 0.6 is 11.6 Å². The van der Waals surface area contributed by atoms with Crippen molar-refractivity contribution < 1.29 is 19.2 Å². The fraction of sp³-hybridized carbons (Fsp3) is 0.250. The minimum absolute atomic E-state index is 0.0782. The van der Waals surface area contributed by atoms with E-state index >= 15 is 0 Å². The summed E-state index contributed by atoms with van der Waals surface area (Å²) in [6, 6.07) is 19.4. The van der Waals surface area contributed by atoms with Crippen LogP contribution in [0.15, 0.2) is 85.2 Å². The minimum Gasteiger partial charge on any atom is -0.368 e. The molecule has 4 aromatic rings. The molecule has 0 saturated carbocycles. The molecule has 11 heteroatoms. The van der Waals surface area contributed by atoms with Gasteiger partial charge in [-0.1, -0.05) is 66.2 Å². The zero-order chi connectivity index (χ0) is 30.5. The van der Waals surface area contributed by atoms with E-state index in [2.05, 4.69) is 15.3 Å². The lowest BCUT2D eigenvalue weighted by Gasteiger charge is -2.36. The van der Waals surface area contributed by atoms with Gasteiger partial charge in [-0.25, -0.2) is 9.97 Å². The lowest BCUT2D eigenvalue weighted by molar-refractivity contribution is -0.148. The number of benzene rings is 3. The van der Waals surface area contributed by atoms with Gasteiger partial charge in [0.15, 0.2) is 0 Å². The summed E-state index contributed by atoms with van der Waals surface area (Å²) >= 11 is 6.33. The maximum absolute atomic E-state index is 14.5. The van der Waals surface area contributed by atoms with Gasteiger partial charge in [-0.15, -0.1) is 0 Å². The smallest absolute Gasteiger partial charge is 0.289 e. The summed E-state index contributed by atoms with van der Waals surface area (Å²) in [5, 5.41) is 4.92. The summed E-state index contributed by atoms with van der Waals surface area (Å²) in [5.74, 6) is -2.28. The van der Waals surface area contributed by atoms with Crippen LogP contribution in [0.3, 0.4) is 0 Å². The van der Waals surface area contributed by atoms with Gasteiger partial charge in [0.05, 0.1) is 6.54 Å². The van der Waals surface area contributed by atoms with Crippen LogP contribution in [0, 0.1) is 0 Å². The average Bonchev–Trinajstić information content (AvgIpc) is 3.14. The molecule has 3 aromatic carbocycles. The molecule has 0 bridgehead atoms. The molecular weight excluding hydrogens is 568 g/mol. The number of carbonyl (C=O) groups is 4. The van der Waals surface area contributed by atoms with Crippen molar-refractivity contribution in [1.29, 1.82) is 0 Å². The van der Waals surface area contributed by atoms with Crippen molar-refractivity contribution in [2.24, 2.45) is 5.73 Å². The average molecular weight is 599 g/mol. The molecule has 4 amide bonds. The first-order valence-electron chi connectivity index (χ1n) is 13.9. The quantitative estimate of drug-likeness (QED) is 0.319. The number of primary amides is 1. The Kier molecular flexibility index (Phi) is 8.96. The number of amides is 4. The van der Waals surface area contributed by atoms with E-state index in [4.69, 9.17) is 17.3 Å². The number of fused-ring (bicyclic) bond motifs is 1. The maximum Gasteiger partial charge on any atom is 0.289 e. The number of halogens is 1. The number of aromatic nitrogens is 2. The Morgan fingerprint density at radius 3 is 2.49 bits per heavy atom. The van der Waals surface area contributed by atoms with Crippen LogP contribution in [0.1, 0.15) is 41.1 Å². The number of nitrogens with zero attached hydrogens (tertiary/aromatic N) is 4. The summed E-state index contributed by atoms with van der Waals surface area (Å²) in [7, 11) is 0. The van der Waals surface area contributed by atoms with Gasteiger partial charge in [-0.05, 0) is 53.4 Å². The first-order valence-corrected chi connectivity index (χ1v) is 14.3. The predicted molar refractivity (Wildman–Crippen MR) is 162 cm³/mol. The number of carbonyl (C=O) groups excluding carboxylic acids is 4. The molecule has 1 aliphatic rings. The molecule has 43 heavy (non-hydrogen) atoms. The SMILES string of the molecule is CC1CCN(C(Cc2cccc3ccccc23)C(N)=O)C(=O)C(c2cccc(Cl)c2)N1C(=O)CNC(=O)c1ncccn1. The van der Waals surface area contributed by atoms with Gasteiger partial charge in [0.1, 0.15) is 12.1 Å². The first kappa shape index (κ1) is 29.7. The third-order valence-corrected chi connectivity index (χ3v) is 7.91. The summed E-state index contributed by atoms with van der Waals surface area (Å²) in [5.41, 5.74) is 7.31. The molecule has 2 heterocycles. The van der Waals surface area contributed by atoms with Crippen molar-refractivity contribution in [3.63, 3.8) is 0 Å². The second-order valence-corrected chi connectivity index (χ2v) is 10.9. The van der Waals surface area contributed by atoms with Crippen molar-refractivity contribution >= 4 is 46.0 Å². The largest absolute Gasteiger partial charge is 0.368 e. The third-order valence-electron chi connectivity index (χ3n) is 7.68. The molecular formula is C32H31ClN6O4. The number of nitrogens with two attached hydrogens (primary N) is 1. The Bertz CT molecular complexity index is 1660. The van der Waals surface area contributed by atoms with Gasteiger partial charge in [-0.3, -0.25) is 19.2 Å². The standard InChI is InChI=1S/C32H31ClN6O4/c1-20-13-16-38(26(29(34)41)18-22-9-4-8-21-7-2-3-12-25(21)22)32(43)28(23-10-5-11-24(33)17-23)39(20)27(40)19-37-31(42)30-35-14-6-15-36-30/h2-12,14-15,17,20,26,28H,13,16,18-19H2,1H3,(H2,34,41)(H,37,42). The predicted octanol–water partition coefficient (Wildman–Crippen LogP) is 3.30. The zero-order valence-electron chi connectivity index (χ0n) is 23.5. The van der Waals surface area contributed by atoms with Crippen LogP contribution in [0.25, 0.3) is 10.8 Å². The summed E-state index contributed by atoms with van der Waals surface area (Å²) in [6.07, 6.45) is 3.44. The van der Waals surface area contributed by atoms with Crippen LogP contribution in [-0.2, 0) is 20.8 Å². The van der Waals surface area contributed by atoms with E-state index in [1.807, 2.05) is 49.4 Å². The van der Waals surface area contributed by atoms with E-state index in [1.54, 1.807) is 30.3 Å². The van der Waals surface area contributed by atoms with Crippen LogP contribution in [0.5, 0.6) is 0 Å². The molecule has 3 atom stereocenters. The fourth-order valence-corrected chi connectivity index (χ4v) is 5.77. The number of hydrogen-bond acceptors (Lipinski definition) is 6. The fourth-order valence-electron chi connectivity index (χ4n) is 5.57. The van der Waals surface area contributed by atoms with E-state index in [-0.39, 0.29) is 25.3 Å². The van der Waals surface area contributed by atoms with Crippen LogP contribution in [0.2, 0.25) is 5.02 Å². The molecule has 0 spiro atoms. The highest BCUT2D eigenvalue weighted by Gasteiger charge is 2.43. The summed E-state index contributed by atoms with van der Waals surface area (Å²) in [4.78, 5) is 64.5. The number of nitrogens with one attached hydrogen (secondary N) is 1. The van der Waals surface area contributed by atoms with Crippen molar-refractivity contribution in [3.8, 4) is 0 Å². The number of rotatable bonds is 8. The van der Waals surface area contributed by atoms with E-state index in [1.165, 1.54) is 22.2 Å². The highest BCUT2D eigenvalue weighted by atomic mass is 35.5. The second-order valence-electron chi connectivity index (χ2n) is 10.4. The molecule has 1 saturated heterocycles. The molecule has 3 N–H and O–H groups in total. The van der Waals surface area contributed by atoms with Crippen molar-refractivity contribution in [2.45, 2.75) is 37.9 Å². The van der Waals surface area contributed by atoms with Gasteiger partial charge in [-0.2, -0.15) is 0 Å². The van der Waals surface area contributed by atoms with Crippen molar-refractivity contribution in [1.82, 2.24) is 25.1 Å². The molecule has 1 fully saturated rings. The molecule has 220 valence electrons. The molecule has 3 unspecified atom stereocenters. The van der Waals surface area contributed by atoms with Crippen LogP contribution < -0.4 is 11.1 Å². The normalized spacial score (nSPS) is 17.8. The Balaban J connectivity index is 1.48. The van der Waals surface area contributed by atoms with Gasteiger partial charge in [0.25, 0.3) is 11.8 Å². The third kappa shape index (κ3) is 6.49. The lowest BCUT2D eigenvalue weighted by atomic mass is 9.96. The Morgan fingerprint density at radius 2 is 1.74 bits per heavy atom. The Hall–Kier alpha value is -4.83. The Labute approximate surface area is 253 Å². The molecule has 5 rings (SSSR count). The lowest BCUT2D eigenvalue weighted by Crippen LogP contribution is -2.53. The topological polar surface area (TPSA) is 139 Å². The second kappa shape index (κ2) is 13.0. The van der Waals surface area contributed by atoms with Crippen molar-refractivity contribution in [2.75, 3.05) is 13.1 Å². The van der Waals surface area contributed by atoms with E-state index in [9.17, 15) is 19.2 Å². The van der Waals surface area contributed by atoms with Gasteiger partial charge in [0.2, 0.25) is 17.6 Å². The van der Waals surface area contributed by atoms with Crippen molar-refractivity contribution in [3.05, 3.63) is 107 Å².